The number of carbonyl (C=O) groups excluding carboxylic acids is 1. The van der Waals surface area contributed by atoms with Gasteiger partial charge in [-0.1, -0.05) is 6.07 Å². The number of ether oxygens (including phenoxy) is 2. The first kappa shape index (κ1) is 13.8. The van der Waals surface area contributed by atoms with Crippen LogP contribution in [0.5, 0.6) is 11.6 Å². The van der Waals surface area contributed by atoms with Gasteiger partial charge in [-0.3, -0.25) is 4.68 Å². The number of alkyl halides is 1. The molecule has 1 aromatic carbocycles. The van der Waals surface area contributed by atoms with Crippen LogP contribution in [-0.4, -0.2) is 22.7 Å². The summed E-state index contributed by atoms with van der Waals surface area (Å²) < 4.78 is 24.3. The number of isocyanates is 1. The normalized spacial score (nSPS) is 9.90. The summed E-state index contributed by atoms with van der Waals surface area (Å²) in [7, 11) is 1.76. The molecule has 104 valence electrons. The molecule has 0 atom stereocenters. The smallest absolute Gasteiger partial charge is 0.240 e. The van der Waals surface area contributed by atoms with Crippen molar-refractivity contribution < 1.29 is 18.7 Å². The Kier molecular flexibility index (Phi) is 4.47. The fourth-order valence-corrected chi connectivity index (χ4v) is 1.66. The Morgan fingerprint density at radius 3 is 2.90 bits per heavy atom. The average Bonchev–Trinajstić information content (AvgIpc) is 2.84. The molecule has 0 amide bonds. The van der Waals surface area contributed by atoms with Crippen molar-refractivity contribution in [2.45, 2.75) is 6.61 Å². The van der Waals surface area contributed by atoms with Crippen molar-refractivity contribution in [2.75, 3.05) is 6.86 Å². The highest BCUT2D eigenvalue weighted by Crippen LogP contribution is 2.29. The molecular weight excluding hydrogens is 265 g/mol. The van der Waals surface area contributed by atoms with Gasteiger partial charge in [0.1, 0.15) is 12.4 Å². The van der Waals surface area contributed by atoms with E-state index in [4.69, 9.17) is 9.47 Å². The fourth-order valence-electron chi connectivity index (χ4n) is 1.66. The van der Waals surface area contributed by atoms with Gasteiger partial charge in [0.15, 0.2) is 0 Å². The molecule has 0 saturated carbocycles. The summed E-state index contributed by atoms with van der Waals surface area (Å²) in [5.41, 5.74) is 0.779. The van der Waals surface area contributed by atoms with Gasteiger partial charge in [0.25, 0.3) is 0 Å². The van der Waals surface area contributed by atoms with Crippen molar-refractivity contribution in [2.24, 2.45) is 12.0 Å². The average molecular weight is 277 g/mol. The van der Waals surface area contributed by atoms with Crippen LogP contribution in [0.25, 0.3) is 0 Å². The molecule has 0 saturated heterocycles. The second-order valence-electron chi connectivity index (χ2n) is 3.83. The second kappa shape index (κ2) is 6.49. The highest BCUT2D eigenvalue weighted by Gasteiger charge is 2.11. The number of aromatic nitrogens is 2. The van der Waals surface area contributed by atoms with Crippen LogP contribution in [0.15, 0.2) is 35.5 Å². The predicted molar refractivity (Wildman–Crippen MR) is 68.4 cm³/mol. The first-order chi connectivity index (χ1) is 9.74. The van der Waals surface area contributed by atoms with Crippen LogP contribution in [0, 0.1) is 0 Å². The lowest BCUT2D eigenvalue weighted by Crippen LogP contribution is -2.01. The molecule has 1 heterocycles. The Balaban J connectivity index is 2.24. The SMILES string of the molecule is Cn1ccc(OCc2c(N=C=O)cccc2OCF)n1. The summed E-state index contributed by atoms with van der Waals surface area (Å²) in [5.74, 6) is 0.670. The van der Waals surface area contributed by atoms with Gasteiger partial charge in [0.2, 0.25) is 18.8 Å². The van der Waals surface area contributed by atoms with E-state index in [2.05, 4.69) is 10.1 Å². The summed E-state index contributed by atoms with van der Waals surface area (Å²) in [4.78, 5) is 14.0. The Morgan fingerprint density at radius 2 is 2.25 bits per heavy atom. The summed E-state index contributed by atoms with van der Waals surface area (Å²) in [6, 6.07) is 6.44. The molecule has 0 aliphatic rings. The maximum atomic E-state index is 12.4. The zero-order valence-corrected chi connectivity index (χ0v) is 10.7. The fraction of sp³-hybridized carbons (Fsp3) is 0.231. The Labute approximate surface area is 114 Å². The number of benzene rings is 1. The van der Waals surface area contributed by atoms with Gasteiger partial charge < -0.3 is 9.47 Å². The molecule has 0 fully saturated rings. The van der Waals surface area contributed by atoms with Crippen LogP contribution in [0.2, 0.25) is 0 Å². The van der Waals surface area contributed by atoms with Crippen molar-refractivity contribution in [3.05, 3.63) is 36.0 Å². The minimum absolute atomic E-state index is 0.0493. The van der Waals surface area contributed by atoms with E-state index in [9.17, 15) is 9.18 Å². The molecule has 0 unspecified atom stereocenters. The van der Waals surface area contributed by atoms with Crippen LogP contribution >= 0.6 is 0 Å². The standard InChI is InChI=1S/C13H12FN3O3/c1-17-6-5-13(16-17)19-7-10-11(15-9-18)3-2-4-12(10)20-8-14/h2-6H,7-8H2,1H3. The highest BCUT2D eigenvalue weighted by atomic mass is 19.1. The van der Waals surface area contributed by atoms with E-state index in [1.54, 1.807) is 42.2 Å². The second-order valence-corrected chi connectivity index (χ2v) is 3.83. The topological polar surface area (TPSA) is 65.7 Å². The zero-order valence-electron chi connectivity index (χ0n) is 10.7. The minimum Gasteiger partial charge on any atom is -0.472 e. The first-order valence-corrected chi connectivity index (χ1v) is 5.75. The number of rotatable bonds is 6. The van der Waals surface area contributed by atoms with E-state index in [0.29, 0.717) is 17.1 Å². The quantitative estimate of drug-likeness (QED) is 0.600. The van der Waals surface area contributed by atoms with Gasteiger partial charge in [-0.2, -0.15) is 4.99 Å². The third-order valence-corrected chi connectivity index (χ3v) is 2.54. The lowest BCUT2D eigenvalue weighted by atomic mass is 10.1. The van der Waals surface area contributed by atoms with Crippen molar-refractivity contribution in [1.29, 1.82) is 0 Å². The number of hydrogen-bond donors (Lipinski definition) is 0. The third-order valence-electron chi connectivity index (χ3n) is 2.54. The number of aliphatic imine (C=N–C) groups is 1. The minimum atomic E-state index is -0.981. The molecule has 0 aliphatic heterocycles. The van der Waals surface area contributed by atoms with Crippen LogP contribution < -0.4 is 9.47 Å². The molecule has 0 spiro atoms. The number of nitrogens with zero attached hydrogens (tertiary/aromatic N) is 3. The molecule has 2 aromatic rings. The Hall–Kier alpha value is -2.66. The molecule has 0 bridgehead atoms. The summed E-state index contributed by atoms with van der Waals surface area (Å²) >= 11 is 0. The maximum absolute atomic E-state index is 12.4. The van der Waals surface area contributed by atoms with E-state index in [1.165, 1.54) is 6.08 Å². The van der Waals surface area contributed by atoms with E-state index >= 15 is 0 Å². The third kappa shape index (κ3) is 3.21. The van der Waals surface area contributed by atoms with Crippen molar-refractivity contribution in [3.63, 3.8) is 0 Å². The summed E-state index contributed by atoms with van der Waals surface area (Å²) in [6.07, 6.45) is 3.17. The molecule has 1 aromatic heterocycles. The van der Waals surface area contributed by atoms with E-state index < -0.39 is 6.86 Å². The molecular formula is C13H12FN3O3. The van der Waals surface area contributed by atoms with Gasteiger partial charge in [-0.15, -0.1) is 5.10 Å². The largest absolute Gasteiger partial charge is 0.472 e. The molecule has 2 rings (SSSR count). The first-order valence-electron chi connectivity index (χ1n) is 5.75. The lowest BCUT2D eigenvalue weighted by molar-refractivity contribution is 0.185. The molecule has 6 nitrogen and oxygen atoms in total. The van der Waals surface area contributed by atoms with Crippen LogP contribution in [0.3, 0.4) is 0 Å². The molecule has 20 heavy (non-hydrogen) atoms. The van der Waals surface area contributed by atoms with Crippen LogP contribution in [0.4, 0.5) is 10.1 Å². The predicted octanol–water partition coefficient (Wildman–Crippen LogP) is 2.27. The van der Waals surface area contributed by atoms with Gasteiger partial charge in [-0.05, 0) is 12.1 Å². The van der Waals surface area contributed by atoms with Gasteiger partial charge in [0, 0.05) is 19.3 Å². The van der Waals surface area contributed by atoms with E-state index in [1.807, 2.05) is 0 Å². The highest BCUT2D eigenvalue weighted by molar-refractivity contribution is 5.58. The van der Waals surface area contributed by atoms with Crippen molar-refractivity contribution >= 4 is 11.8 Å². The van der Waals surface area contributed by atoms with Crippen LogP contribution in [-0.2, 0) is 18.4 Å². The molecule has 0 aliphatic carbocycles. The van der Waals surface area contributed by atoms with E-state index in [0.717, 1.165) is 0 Å². The van der Waals surface area contributed by atoms with Gasteiger partial charge >= 0.3 is 0 Å². The van der Waals surface area contributed by atoms with E-state index in [-0.39, 0.29) is 12.4 Å². The monoisotopic (exact) mass is 277 g/mol. The molecule has 0 N–H and O–H groups in total. The van der Waals surface area contributed by atoms with Gasteiger partial charge in [-0.25, -0.2) is 9.18 Å². The molecule has 7 heteroatoms. The number of aryl methyl sites for hydroxylation is 1. The molecule has 0 radical (unpaired) electrons. The zero-order chi connectivity index (χ0) is 14.4. The Morgan fingerprint density at radius 1 is 1.40 bits per heavy atom. The van der Waals surface area contributed by atoms with Gasteiger partial charge in [0.05, 0.1) is 11.3 Å². The van der Waals surface area contributed by atoms with Crippen molar-refractivity contribution in [1.82, 2.24) is 9.78 Å². The summed E-state index contributed by atoms with van der Waals surface area (Å²) in [6.45, 7) is -0.932. The van der Waals surface area contributed by atoms with Crippen molar-refractivity contribution in [3.8, 4) is 11.6 Å². The number of halogens is 1. The Bertz CT molecular complexity index is 636. The number of hydrogen-bond acceptors (Lipinski definition) is 5. The lowest BCUT2D eigenvalue weighted by Gasteiger charge is -2.11. The maximum Gasteiger partial charge on any atom is 0.240 e. The summed E-state index contributed by atoms with van der Waals surface area (Å²) in [5, 5.41) is 4.05. The van der Waals surface area contributed by atoms with Crippen LogP contribution in [0.1, 0.15) is 5.56 Å².